The maximum atomic E-state index is 12.8. The summed E-state index contributed by atoms with van der Waals surface area (Å²) in [6, 6.07) is 5.50. The minimum absolute atomic E-state index is 0.0403. The molecule has 0 saturated carbocycles. The lowest BCUT2D eigenvalue weighted by Crippen LogP contribution is -2.17. The average molecular weight is 444 g/mol. The fourth-order valence-electron chi connectivity index (χ4n) is 2.47. The molecule has 0 amide bonds. The van der Waals surface area contributed by atoms with Crippen LogP contribution in [0.25, 0.3) is 11.4 Å². The fraction of sp³-hybridized carbons (Fsp3) is 0.235. The summed E-state index contributed by atoms with van der Waals surface area (Å²) in [6.07, 6.45) is -3.28. The van der Waals surface area contributed by atoms with Crippen molar-refractivity contribution >= 4 is 16.0 Å². The number of carbonyl (C=O) groups is 1. The van der Waals surface area contributed by atoms with Gasteiger partial charge in [-0.05, 0) is 25.2 Å². The second kappa shape index (κ2) is 7.91. The van der Waals surface area contributed by atoms with Crippen LogP contribution in [0.1, 0.15) is 21.9 Å². The zero-order valence-electron chi connectivity index (χ0n) is 15.6. The number of rotatable bonds is 6. The number of alkyl halides is 3. The summed E-state index contributed by atoms with van der Waals surface area (Å²) >= 11 is 0. The van der Waals surface area contributed by atoms with Crippen LogP contribution in [0.4, 0.5) is 13.2 Å². The summed E-state index contributed by atoms with van der Waals surface area (Å²) in [4.78, 5) is 16.0. The first-order chi connectivity index (χ1) is 14.0. The van der Waals surface area contributed by atoms with Crippen molar-refractivity contribution in [3.63, 3.8) is 0 Å². The normalized spacial score (nSPS) is 12.2. The molecule has 0 saturated heterocycles. The maximum Gasteiger partial charge on any atom is 0.416 e. The molecule has 0 aliphatic rings. The van der Waals surface area contributed by atoms with E-state index < -0.39 is 34.3 Å². The summed E-state index contributed by atoms with van der Waals surface area (Å²) < 4.78 is 75.4. The van der Waals surface area contributed by atoms with Gasteiger partial charge >= 0.3 is 12.1 Å². The molecule has 0 aliphatic carbocycles. The van der Waals surface area contributed by atoms with Crippen molar-refractivity contribution < 1.29 is 35.6 Å². The Balaban J connectivity index is 1.71. The van der Waals surface area contributed by atoms with Gasteiger partial charge in [0.2, 0.25) is 15.8 Å². The van der Waals surface area contributed by atoms with Crippen LogP contribution in [0.2, 0.25) is 0 Å². The molecule has 0 unspecified atom stereocenters. The van der Waals surface area contributed by atoms with Crippen LogP contribution >= 0.6 is 0 Å². The van der Waals surface area contributed by atoms with Crippen molar-refractivity contribution in [1.29, 1.82) is 0 Å². The number of aryl methyl sites for hydroxylation is 1. The van der Waals surface area contributed by atoms with Gasteiger partial charge in [0.1, 0.15) is 10.6 Å². The molecule has 30 heavy (non-hydrogen) atoms. The predicted octanol–water partition coefficient (Wildman–Crippen LogP) is 2.36. The van der Waals surface area contributed by atoms with Crippen molar-refractivity contribution in [2.45, 2.75) is 17.7 Å². The first kappa shape index (κ1) is 21.5. The summed E-state index contributed by atoms with van der Waals surface area (Å²) in [7, 11) is -1.05. The van der Waals surface area contributed by atoms with E-state index in [1.807, 2.05) is 0 Å². The molecule has 0 atom stereocenters. The molecule has 2 aromatic heterocycles. The molecule has 0 bridgehead atoms. The van der Waals surface area contributed by atoms with Crippen molar-refractivity contribution in [1.82, 2.24) is 19.4 Å². The highest BCUT2D eigenvalue weighted by Gasteiger charge is 2.30. The highest BCUT2D eigenvalue weighted by Crippen LogP contribution is 2.31. The van der Waals surface area contributed by atoms with Gasteiger partial charge in [0.25, 0.3) is 5.89 Å². The Kier molecular flexibility index (Phi) is 5.67. The van der Waals surface area contributed by atoms with Crippen LogP contribution in [0, 0.1) is 0 Å². The molecule has 0 fully saturated rings. The third-order valence-corrected chi connectivity index (χ3v) is 5.39. The number of halogens is 3. The van der Waals surface area contributed by atoms with Crippen LogP contribution in [0.15, 0.2) is 45.9 Å². The number of sulfonamides is 1. The number of hydrogen-bond acceptors (Lipinski definition) is 7. The molecular formula is C17H15F3N4O5S. The van der Waals surface area contributed by atoms with Crippen LogP contribution in [-0.4, -0.2) is 36.1 Å². The number of carbonyl (C=O) groups excluding carboxylic acids is 1. The minimum Gasteiger partial charge on any atom is -0.451 e. The second-order valence-electron chi connectivity index (χ2n) is 6.05. The molecule has 160 valence electrons. The quantitative estimate of drug-likeness (QED) is 0.580. The Morgan fingerprint density at radius 2 is 2.03 bits per heavy atom. The Hall–Kier alpha value is -3.19. The molecule has 0 spiro atoms. The van der Waals surface area contributed by atoms with Crippen molar-refractivity contribution in [3.05, 3.63) is 53.7 Å². The number of esters is 1. The molecule has 1 aromatic carbocycles. The van der Waals surface area contributed by atoms with Crippen molar-refractivity contribution in [2.24, 2.45) is 7.05 Å². The largest absolute Gasteiger partial charge is 0.451 e. The third-order valence-electron chi connectivity index (χ3n) is 4.01. The lowest BCUT2D eigenvalue weighted by molar-refractivity contribution is -0.137. The van der Waals surface area contributed by atoms with Crippen molar-refractivity contribution in [3.8, 4) is 11.4 Å². The van der Waals surface area contributed by atoms with Crippen LogP contribution in [0.3, 0.4) is 0 Å². The molecule has 9 nitrogen and oxygen atoms in total. The Labute approximate surface area is 168 Å². The van der Waals surface area contributed by atoms with E-state index in [2.05, 4.69) is 14.9 Å². The van der Waals surface area contributed by atoms with E-state index in [0.717, 1.165) is 18.2 Å². The molecule has 3 aromatic rings. The van der Waals surface area contributed by atoms with Gasteiger partial charge in [-0.1, -0.05) is 17.3 Å². The third kappa shape index (κ3) is 4.52. The van der Waals surface area contributed by atoms with Crippen LogP contribution in [-0.2, 0) is 34.6 Å². The second-order valence-corrected chi connectivity index (χ2v) is 7.93. The summed E-state index contributed by atoms with van der Waals surface area (Å²) in [6.45, 7) is -0.454. The topological polar surface area (TPSA) is 116 Å². The molecule has 0 radical (unpaired) electrons. The average Bonchev–Trinajstić information content (AvgIpc) is 3.33. The van der Waals surface area contributed by atoms with E-state index in [1.165, 1.54) is 37.0 Å². The number of hydrogen-bond donors (Lipinski definition) is 1. The highest BCUT2D eigenvalue weighted by atomic mass is 32.2. The Morgan fingerprint density at radius 1 is 1.30 bits per heavy atom. The van der Waals surface area contributed by atoms with Gasteiger partial charge in [-0.15, -0.1) is 0 Å². The fourth-order valence-corrected chi connectivity index (χ4v) is 3.27. The zero-order valence-corrected chi connectivity index (χ0v) is 16.4. The highest BCUT2D eigenvalue weighted by molar-refractivity contribution is 7.89. The number of ether oxygens (including phenoxy) is 1. The lowest BCUT2D eigenvalue weighted by atomic mass is 10.1. The lowest BCUT2D eigenvalue weighted by Gasteiger charge is -2.06. The van der Waals surface area contributed by atoms with Gasteiger partial charge in [-0.3, -0.25) is 0 Å². The predicted molar refractivity (Wildman–Crippen MR) is 95.5 cm³/mol. The monoisotopic (exact) mass is 444 g/mol. The summed E-state index contributed by atoms with van der Waals surface area (Å²) in [5.41, 5.74) is -0.828. The zero-order chi connectivity index (χ0) is 22.1. The number of nitrogens with zero attached hydrogens (tertiary/aromatic N) is 3. The van der Waals surface area contributed by atoms with E-state index in [9.17, 15) is 26.4 Å². The van der Waals surface area contributed by atoms with E-state index in [4.69, 9.17) is 9.26 Å². The summed E-state index contributed by atoms with van der Waals surface area (Å²) in [5, 5.41) is 3.59. The van der Waals surface area contributed by atoms with E-state index in [0.29, 0.717) is 0 Å². The van der Waals surface area contributed by atoms with Gasteiger partial charge in [0.15, 0.2) is 6.61 Å². The van der Waals surface area contributed by atoms with E-state index >= 15 is 0 Å². The Morgan fingerprint density at radius 3 is 2.70 bits per heavy atom. The SMILES string of the molecule is CNS(=O)(=O)c1cc(C(=O)OCc2nc(-c3cccc(C(F)(F)F)c3)no2)n(C)c1. The number of benzene rings is 1. The number of aromatic nitrogens is 3. The molecule has 2 heterocycles. The van der Waals surface area contributed by atoms with Crippen molar-refractivity contribution in [2.75, 3.05) is 7.05 Å². The van der Waals surface area contributed by atoms with Gasteiger partial charge in [-0.2, -0.15) is 18.2 Å². The van der Waals surface area contributed by atoms with Crippen LogP contribution in [0.5, 0.6) is 0 Å². The molecule has 0 aliphatic heterocycles. The standard InChI is InChI=1S/C17H15F3N4O5S/c1-21-30(26,27)12-7-13(24(2)8-12)16(25)28-9-14-22-15(23-29-14)10-4-3-5-11(6-10)17(18,19)20/h3-8,21H,9H2,1-2H3. The first-order valence-corrected chi connectivity index (χ1v) is 9.77. The maximum absolute atomic E-state index is 12.8. The minimum atomic E-state index is -4.52. The van der Waals surface area contributed by atoms with Gasteiger partial charge < -0.3 is 13.8 Å². The molecule has 13 heteroatoms. The molecule has 3 rings (SSSR count). The van der Waals surface area contributed by atoms with E-state index in [-0.39, 0.29) is 27.9 Å². The first-order valence-electron chi connectivity index (χ1n) is 8.28. The Bertz CT molecular complexity index is 1180. The van der Waals surface area contributed by atoms with E-state index in [1.54, 1.807) is 0 Å². The molecule has 1 N–H and O–H groups in total. The van der Waals surface area contributed by atoms with Gasteiger partial charge in [0.05, 0.1) is 5.56 Å². The summed E-state index contributed by atoms with van der Waals surface area (Å²) in [5.74, 6) is -1.10. The van der Waals surface area contributed by atoms with Crippen LogP contribution < -0.4 is 4.72 Å². The van der Waals surface area contributed by atoms with Gasteiger partial charge in [0, 0.05) is 18.8 Å². The number of nitrogens with one attached hydrogen (secondary N) is 1. The van der Waals surface area contributed by atoms with Gasteiger partial charge in [-0.25, -0.2) is 17.9 Å². The molecular weight excluding hydrogens is 429 g/mol. The smallest absolute Gasteiger partial charge is 0.416 e.